The molecule has 0 atom stereocenters. The van der Waals surface area contributed by atoms with Crippen LogP contribution in [0, 0.1) is 13.8 Å². The van der Waals surface area contributed by atoms with Crippen molar-refractivity contribution in [3.05, 3.63) is 69.1 Å². The second-order valence-electron chi connectivity index (χ2n) is 6.06. The lowest BCUT2D eigenvalue weighted by atomic mass is 10.0. The number of carbonyl (C=O) groups is 1. The van der Waals surface area contributed by atoms with Crippen LogP contribution in [0.4, 0.5) is 4.39 Å². The van der Waals surface area contributed by atoms with Gasteiger partial charge in [0.05, 0.1) is 18.7 Å². The Morgan fingerprint density at radius 3 is 2.48 bits per heavy atom. The fraction of sp³-hybridized carbons (Fsp3) is 0.318. The molecule has 0 bridgehead atoms. The molecule has 146 valence electrons. The standard InChI is InChI=1S/C22H26ClFO3/c1-7-27-22(25)12-15(3)20(24)11-9-14(2)8-10-18-16(4)17(5)21(26-6)13-19(18)23/h8-13H,7H2,1-6H3/b10-8+,14-9+,15-12+,20-11-. The molecule has 5 heteroatoms. The number of hydrogen-bond acceptors (Lipinski definition) is 3. The molecule has 0 heterocycles. The fourth-order valence-corrected chi connectivity index (χ4v) is 2.62. The Labute approximate surface area is 165 Å². The van der Waals surface area contributed by atoms with Gasteiger partial charge in [0.25, 0.3) is 0 Å². The van der Waals surface area contributed by atoms with E-state index in [2.05, 4.69) is 0 Å². The Kier molecular flexibility index (Phi) is 9.03. The average Bonchev–Trinajstić information content (AvgIpc) is 2.62. The quantitative estimate of drug-likeness (QED) is 0.311. The highest BCUT2D eigenvalue weighted by Crippen LogP contribution is 2.32. The molecule has 1 aromatic rings. The largest absolute Gasteiger partial charge is 0.496 e. The lowest BCUT2D eigenvalue weighted by Gasteiger charge is -2.12. The third-order valence-corrected chi connectivity index (χ3v) is 4.39. The molecule has 0 amide bonds. The minimum atomic E-state index is -0.556. The highest BCUT2D eigenvalue weighted by Gasteiger charge is 2.09. The molecular formula is C22H26ClFO3. The number of methoxy groups -OCH3 is 1. The van der Waals surface area contributed by atoms with Crippen LogP contribution in [0.2, 0.25) is 5.02 Å². The van der Waals surface area contributed by atoms with Crippen molar-refractivity contribution in [1.29, 1.82) is 0 Å². The second-order valence-corrected chi connectivity index (χ2v) is 6.47. The Bertz CT molecular complexity index is 817. The summed E-state index contributed by atoms with van der Waals surface area (Å²) in [4.78, 5) is 11.4. The van der Waals surface area contributed by atoms with Crippen LogP contribution in [0.15, 0.2) is 47.3 Å². The smallest absolute Gasteiger partial charge is 0.331 e. The first-order chi connectivity index (χ1) is 12.7. The molecular weight excluding hydrogens is 367 g/mol. The molecule has 0 aromatic heterocycles. The van der Waals surface area contributed by atoms with E-state index >= 15 is 0 Å². The van der Waals surface area contributed by atoms with Crippen LogP contribution in [-0.2, 0) is 9.53 Å². The van der Waals surface area contributed by atoms with Crippen LogP contribution < -0.4 is 4.74 Å². The van der Waals surface area contributed by atoms with Crippen molar-refractivity contribution in [1.82, 2.24) is 0 Å². The third kappa shape index (κ3) is 6.72. The Hall–Kier alpha value is -2.33. The summed E-state index contributed by atoms with van der Waals surface area (Å²) in [6, 6.07) is 1.78. The third-order valence-electron chi connectivity index (χ3n) is 4.07. The van der Waals surface area contributed by atoms with Gasteiger partial charge < -0.3 is 9.47 Å². The number of halogens is 2. The lowest BCUT2D eigenvalue weighted by Crippen LogP contribution is -2.00. The SMILES string of the molecule is CCOC(=O)/C=C(C)/C(F)=C/C=C(C)/C=C/c1c(Cl)cc(OC)c(C)c1C. The number of ether oxygens (including phenoxy) is 2. The van der Waals surface area contributed by atoms with E-state index in [4.69, 9.17) is 21.1 Å². The van der Waals surface area contributed by atoms with Gasteiger partial charge in [-0.2, -0.15) is 0 Å². The molecule has 0 aliphatic heterocycles. The summed E-state index contributed by atoms with van der Waals surface area (Å²) < 4.78 is 24.1. The van der Waals surface area contributed by atoms with E-state index in [1.165, 1.54) is 13.0 Å². The maximum Gasteiger partial charge on any atom is 0.331 e. The van der Waals surface area contributed by atoms with Gasteiger partial charge in [0.15, 0.2) is 0 Å². The molecule has 0 radical (unpaired) electrons. The topological polar surface area (TPSA) is 35.5 Å². The van der Waals surface area contributed by atoms with Gasteiger partial charge in [0, 0.05) is 6.08 Å². The second kappa shape index (κ2) is 10.7. The highest BCUT2D eigenvalue weighted by atomic mass is 35.5. The van der Waals surface area contributed by atoms with Gasteiger partial charge in [-0.1, -0.05) is 35.4 Å². The molecule has 3 nitrogen and oxygen atoms in total. The zero-order valence-corrected chi connectivity index (χ0v) is 17.4. The number of esters is 1. The van der Waals surface area contributed by atoms with Crippen LogP contribution in [0.3, 0.4) is 0 Å². The average molecular weight is 393 g/mol. The Morgan fingerprint density at radius 1 is 1.22 bits per heavy atom. The summed E-state index contributed by atoms with van der Waals surface area (Å²) in [6.45, 7) is 9.27. The van der Waals surface area contributed by atoms with Crippen molar-refractivity contribution in [3.8, 4) is 5.75 Å². The van der Waals surface area contributed by atoms with Crippen LogP contribution in [-0.4, -0.2) is 19.7 Å². The van der Waals surface area contributed by atoms with Crippen LogP contribution >= 0.6 is 11.6 Å². The molecule has 0 N–H and O–H groups in total. The number of carbonyl (C=O) groups excluding carboxylic acids is 1. The molecule has 0 spiro atoms. The van der Waals surface area contributed by atoms with Gasteiger partial charge in [-0.05, 0) is 69.0 Å². The van der Waals surface area contributed by atoms with E-state index in [0.717, 1.165) is 34.1 Å². The summed E-state index contributed by atoms with van der Waals surface area (Å²) in [5, 5.41) is 0.592. The van der Waals surface area contributed by atoms with Crippen molar-refractivity contribution in [3.63, 3.8) is 0 Å². The maximum atomic E-state index is 14.1. The Balaban J connectivity index is 3.00. The molecule has 0 unspecified atom stereocenters. The molecule has 0 aliphatic rings. The van der Waals surface area contributed by atoms with E-state index < -0.39 is 11.8 Å². The van der Waals surface area contributed by atoms with E-state index in [9.17, 15) is 9.18 Å². The molecule has 0 fully saturated rings. The number of hydrogen-bond donors (Lipinski definition) is 0. The summed E-state index contributed by atoms with van der Waals surface area (Å²) >= 11 is 6.34. The maximum absolute atomic E-state index is 14.1. The predicted molar refractivity (Wildman–Crippen MR) is 110 cm³/mol. The first-order valence-electron chi connectivity index (χ1n) is 8.62. The van der Waals surface area contributed by atoms with Crippen molar-refractivity contribution >= 4 is 23.6 Å². The summed E-state index contributed by atoms with van der Waals surface area (Å²) in [5.41, 5.74) is 3.99. The number of benzene rings is 1. The van der Waals surface area contributed by atoms with Gasteiger partial charge in [-0.3, -0.25) is 0 Å². The van der Waals surface area contributed by atoms with Gasteiger partial charge >= 0.3 is 5.97 Å². The van der Waals surface area contributed by atoms with E-state index in [1.807, 2.05) is 32.9 Å². The van der Waals surface area contributed by atoms with E-state index in [-0.39, 0.29) is 12.2 Å². The minimum Gasteiger partial charge on any atom is -0.496 e. The first kappa shape index (κ1) is 22.7. The van der Waals surface area contributed by atoms with Crippen LogP contribution in [0.5, 0.6) is 5.75 Å². The Morgan fingerprint density at radius 2 is 1.89 bits per heavy atom. The highest BCUT2D eigenvalue weighted by molar-refractivity contribution is 6.32. The van der Waals surface area contributed by atoms with Crippen molar-refractivity contribution < 1.29 is 18.7 Å². The molecule has 0 aliphatic carbocycles. The number of allylic oxidation sites excluding steroid dienone is 6. The van der Waals surface area contributed by atoms with Gasteiger partial charge in [-0.25, -0.2) is 9.18 Å². The van der Waals surface area contributed by atoms with Gasteiger partial charge in [0.1, 0.15) is 11.6 Å². The summed E-state index contributed by atoms with van der Waals surface area (Å²) in [7, 11) is 1.61. The van der Waals surface area contributed by atoms with Crippen molar-refractivity contribution in [2.45, 2.75) is 34.6 Å². The monoisotopic (exact) mass is 392 g/mol. The molecule has 0 saturated heterocycles. The van der Waals surface area contributed by atoms with E-state index in [0.29, 0.717) is 5.02 Å². The van der Waals surface area contributed by atoms with Crippen LogP contribution in [0.1, 0.15) is 37.5 Å². The molecule has 1 rings (SSSR count). The molecule has 1 aromatic carbocycles. The molecule has 27 heavy (non-hydrogen) atoms. The predicted octanol–water partition coefficient (Wildman–Crippen LogP) is 6.29. The van der Waals surface area contributed by atoms with Gasteiger partial charge in [-0.15, -0.1) is 0 Å². The minimum absolute atomic E-state index is 0.214. The zero-order chi connectivity index (χ0) is 20.6. The first-order valence-corrected chi connectivity index (χ1v) is 9.00. The fourth-order valence-electron chi connectivity index (χ4n) is 2.32. The zero-order valence-electron chi connectivity index (χ0n) is 16.7. The van der Waals surface area contributed by atoms with Crippen LogP contribution in [0.25, 0.3) is 6.08 Å². The normalized spacial score (nSPS) is 13.3. The van der Waals surface area contributed by atoms with Crippen molar-refractivity contribution in [2.24, 2.45) is 0 Å². The van der Waals surface area contributed by atoms with E-state index in [1.54, 1.807) is 26.2 Å². The van der Waals surface area contributed by atoms with Crippen molar-refractivity contribution in [2.75, 3.05) is 13.7 Å². The lowest BCUT2D eigenvalue weighted by molar-refractivity contribution is -0.137. The summed E-state index contributed by atoms with van der Waals surface area (Å²) in [6.07, 6.45) is 7.83. The summed E-state index contributed by atoms with van der Waals surface area (Å²) in [5.74, 6) is -0.305. The van der Waals surface area contributed by atoms with Gasteiger partial charge in [0.2, 0.25) is 0 Å². The molecule has 0 saturated carbocycles. The number of rotatable bonds is 7.